The Bertz CT molecular complexity index is 892. The molecule has 3 fully saturated rings. The minimum Gasteiger partial charge on any atom is -0.322 e. The molecule has 4 aliphatic rings. The van der Waals surface area contributed by atoms with Gasteiger partial charge in [-0.15, -0.1) is 0 Å². The van der Waals surface area contributed by atoms with E-state index >= 15 is 4.39 Å². The molecule has 29 heavy (non-hydrogen) atoms. The normalized spacial score (nSPS) is 33.8. The van der Waals surface area contributed by atoms with E-state index in [1.54, 1.807) is 4.90 Å². The first-order valence-electron chi connectivity index (χ1n) is 10.3. The summed E-state index contributed by atoms with van der Waals surface area (Å²) in [6, 6.07) is 5.12. The minimum absolute atomic E-state index is 0.183. The van der Waals surface area contributed by atoms with Crippen LogP contribution in [-0.4, -0.2) is 53.0 Å². The third-order valence-corrected chi connectivity index (χ3v) is 7.09. The van der Waals surface area contributed by atoms with Crippen LogP contribution in [0.25, 0.3) is 0 Å². The molecule has 1 saturated carbocycles. The van der Waals surface area contributed by atoms with E-state index in [0.29, 0.717) is 44.6 Å². The molecule has 154 valence electrons. The third-order valence-electron chi connectivity index (χ3n) is 7.09. The second-order valence-corrected chi connectivity index (χ2v) is 8.75. The van der Waals surface area contributed by atoms with E-state index in [1.807, 2.05) is 18.2 Å². The van der Waals surface area contributed by atoms with Gasteiger partial charge in [0.2, 0.25) is 11.8 Å². The first-order valence-corrected chi connectivity index (χ1v) is 10.3. The van der Waals surface area contributed by atoms with Crippen molar-refractivity contribution in [2.75, 3.05) is 13.1 Å². The number of rotatable bonds is 4. The van der Waals surface area contributed by atoms with Crippen LogP contribution in [0, 0.1) is 0 Å². The fourth-order valence-corrected chi connectivity index (χ4v) is 5.40. The Morgan fingerprint density at radius 2 is 2.07 bits per heavy atom. The predicted octanol–water partition coefficient (Wildman–Crippen LogP) is 0.771. The maximum Gasteiger partial charge on any atom is 0.255 e. The largest absolute Gasteiger partial charge is 0.322 e. The van der Waals surface area contributed by atoms with Crippen molar-refractivity contribution in [3.63, 3.8) is 0 Å². The minimum atomic E-state index is -1.21. The molecule has 1 aromatic carbocycles. The molecule has 0 spiro atoms. The number of alkyl halides is 1. The number of hydrogen-bond acceptors (Lipinski definition) is 5. The number of carbonyl (C=O) groups excluding carboxylic acids is 3. The summed E-state index contributed by atoms with van der Waals surface area (Å²) in [6.45, 7) is 1.88. The van der Waals surface area contributed by atoms with Crippen molar-refractivity contribution in [1.29, 1.82) is 0 Å². The SMILES string of the molecule is O=C1CCC(N2Cc3ccc(CN[C@@]45CCC[C@]4(F)CNC5)cc3C2=O)C(=O)N1. The number of nitrogens with zero attached hydrogens (tertiary/aromatic N) is 1. The van der Waals surface area contributed by atoms with Crippen molar-refractivity contribution >= 4 is 17.7 Å². The van der Waals surface area contributed by atoms with E-state index in [4.69, 9.17) is 0 Å². The van der Waals surface area contributed by atoms with Gasteiger partial charge in [-0.25, -0.2) is 4.39 Å². The summed E-state index contributed by atoms with van der Waals surface area (Å²) >= 11 is 0. The zero-order valence-corrected chi connectivity index (χ0v) is 16.2. The Morgan fingerprint density at radius 1 is 1.21 bits per heavy atom. The van der Waals surface area contributed by atoms with Crippen LogP contribution in [0.5, 0.6) is 0 Å². The number of nitrogens with one attached hydrogen (secondary N) is 3. The number of amides is 3. The van der Waals surface area contributed by atoms with Gasteiger partial charge < -0.3 is 15.5 Å². The van der Waals surface area contributed by atoms with Gasteiger partial charge in [0.1, 0.15) is 11.7 Å². The van der Waals surface area contributed by atoms with E-state index in [-0.39, 0.29) is 18.2 Å². The molecule has 3 aliphatic heterocycles. The number of imide groups is 1. The molecule has 1 unspecified atom stereocenters. The average Bonchev–Trinajstić information content (AvgIpc) is 3.28. The average molecular weight is 400 g/mol. The summed E-state index contributed by atoms with van der Waals surface area (Å²) in [6.07, 6.45) is 2.87. The van der Waals surface area contributed by atoms with Gasteiger partial charge >= 0.3 is 0 Å². The maximum atomic E-state index is 15.2. The van der Waals surface area contributed by atoms with Crippen LogP contribution in [0.3, 0.4) is 0 Å². The molecule has 0 radical (unpaired) electrons. The zero-order chi connectivity index (χ0) is 20.2. The van der Waals surface area contributed by atoms with Crippen molar-refractivity contribution in [3.05, 3.63) is 34.9 Å². The molecule has 2 saturated heterocycles. The number of fused-ring (bicyclic) bond motifs is 2. The summed E-state index contributed by atoms with van der Waals surface area (Å²) in [5, 5.41) is 8.94. The lowest BCUT2D eigenvalue weighted by molar-refractivity contribution is -0.136. The number of hydrogen-bond donors (Lipinski definition) is 3. The molecule has 1 aliphatic carbocycles. The van der Waals surface area contributed by atoms with Crippen LogP contribution < -0.4 is 16.0 Å². The quantitative estimate of drug-likeness (QED) is 0.650. The molecular formula is C21H25FN4O3. The van der Waals surface area contributed by atoms with Crippen molar-refractivity contribution in [2.45, 2.75) is 62.4 Å². The number of benzene rings is 1. The molecule has 0 aromatic heterocycles. The Hall–Kier alpha value is -2.32. The van der Waals surface area contributed by atoms with Gasteiger partial charge in [-0.05, 0) is 42.9 Å². The fraction of sp³-hybridized carbons (Fsp3) is 0.571. The topological polar surface area (TPSA) is 90.5 Å². The van der Waals surface area contributed by atoms with Gasteiger partial charge in [-0.1, -0.05) is 12.1 Å². The van der Waals surface area contributed by atoms with Crippen LogP contribution in [0.4, 0.5) is 4.39 Å². The third kappa shape index (κ3) is 2.88. The molecule has 1 aromatic rings. The van der Waals surface area contributed by atoms with Crippen LogP contribution in [0.1, 0.15) is 53.6 Å². The van der Waals surface area contributed by atoms with Crippen LogP contribution in [-0.2, 0) is 22.7 Å². The van der Waals surface area contributed by atoms with E-state index in [9.17, 15) is 14.4 Å². The molecule has 7 nitrogen and oxygen atoms in total. The van der Waals surface area contributed by atoms with Crippen molar-refractivity contribution in [3.8, 4) is 0 Å². The molecule has 0 bridgehead atoms. The lowest BCUT2D eigenvalue weighted by atomic mass is 9.87. The smallest absolute Gasteiger partial charge is 0.255 e. The Balaban J connectivity index is 1.31. The van der Waals surface area contributed by atoms with Gasteiger partial charge in [-0.2, -0.15) is 0 Å². The number of carbonyl (C=O) groups is 3. The molecule has 3 atom stereocenters. The van der Waals surface area contributed by atoms with Crippen molar-refractivity contribution < 1.29 is 18.8 Å². The Kier molecular flexibility index (Phi) is 4.25. The molecule has 3 amide bonds. The van der Waals surface area contributed by atoms with Crippen LogP contribution in [0.2, 0.25) is 0 Å². The molecule has 5 rings (SSSR count). The van der Waals surface area contributed by atoms with Gasteiger partial charge in [0, 0.05) is 38.2 Å². The summed E-state index contributed by atoms with van der Waals surface area (Å²) < 4.78 is 15.2. The second kappa shape index (κ2) is 6.60. The number of piperidine rings is 1. The lowest BCUT2D eigenvalue weighted by Gasteiger charge is -2.34. The first-order chi connectivity index (χ1) is 13.9. The predicted molar refractivity (Wildman–Crippen MR) is 103 cm³/mol. The van der Waals surface area contributed by atoms with Gasteiger partial charge in [0.15, 0.2) is 0 Å². The van der Waals surface area contributed by atoms with Crippen molar-refractivity contribution in [2.24, 2.45) is 0 Å². The van der Waals surface area contributed by atoms with Gasteiger partial charge in [0.25, 0.3) is 5.91 Å². The molecule has 3 N–H and O–H groups in total. The highest BCUT2D eigenvalue weighted by Gasteiger charge is 2.58. The van der Waals surface area contributed by atoms with Gasteiger partial charge in [0.05, 0.1) is 5.54 Å². The summed E-state index contributed by atoms with van der Waals surface area (Å²) in [5.74, 6) is -0.879. The number of halogens is 1. The Morgan fingerprint density at radius 3 is 2.90 bits per heavy atom. The second-order valence-electron chi connectivity index (χ2n) is 8.75. The summed E-state index contributed by atoms with van der Waals surface area (Å²) in [5.41, 5.74) is 0.660. The highest BCUT2D eigenvalue weighted by molar-refractivity contribution is 6.05. The highest BCUT2D eigenvalue weighted by Crippen LogP contribution is 2.45. The first kappa shape index (κ1) is 18.7. The van der Waals surface area contributed by atoms with Crippen LogP contribution >= 0.6 is 0 Å². The van der Waals surface area contributed by atoms with Gasteiger partial charge in [-0.3, -0.25) is 19.7 Å². The summed E-state index contributed by atoms with van der Waals surface area (Å²) in [7, 11) is 0. The van der Waals surface area contributed by atoms with Crippen molar-refractivity contribution in [1.82, 2.24) is 20.9 Å². The summed E-state index contributed by atoms with van der Waals surface area (Å²) in [4.78, 5) is 38.0. The molecule has 3 heterocycles. The fourth-order valence-electron chi connectivity index (χ4n) is 5.40. The maximum absolute atomic E-state index is 15.2. The van der Waals surface area contributed by atoms with E-state index in [1.165, 1.54) is 0 Å². The highest BCUT2D eigenvalue weighted by atomic mass is 19.1. The molecular weight excluding hydrogens is 375 g/mol. The monoisotopic (exact) mass is 400 g/mol. The molecule has 8 heteroatoms. The zero-order valence-electron chi connectivity index (χ0n) is 16.2. The van der Waals surface area contributed by atoms with E-state index < -0.39 is 23.2 Å². The standard InChI is InChI=1S/C21H25FN4O3/c22-20-6-1-7-21(20,12-23-11-20)24-9-13-2-3-14-10-26(19(29)15(14)8-13)16-4-5-17(27)25-18(16)28/h2-3,8,16,23-24H,1,4-7,9-12H2,(H,25,27,28)/t16?,20-,21+/m0/s1. The Labute approximate surface area is 168 Å². The van der Waals surface area contributed by atoms with E-state index in [0.717, 1.165) is 24.0 Å². The van der Waals surface area contributed by atoms with E-state index in [2.05, 4.69) is 16.0 Å². The van der Waals surface area contributed by atoms with Crippen LogP contribution in [0.15, 0.2) is 18.2 Å². The lowest BCUT2D eigenvalue weighted by Crippen LogP contribution is -2.56.